The second kappa shape index (κ2) is 7.55. The van der Waals surface area contributed by atoms with E-state index < -0.39 is 0 Å². The van der Waals surface area contributed by atoms with Crippen molar-refractivity contribution in [2.75, 3.05) is 23.8 Å². The average Bonchev–Trinajstić information content (AvgIpc) is 2.97. The molecule has 4 heteroatoms. The first-order chi connectivity index (χ1) is 13.9. The molecule has 2 aromatic rings. The molecule has 4 heterocycles. The number of benzene rings is 2. The first-order valence-corrected chi connectivity index (χ1v) is 10.3. The molecule has 4 aliphatic rings. The van der Waals surface area contributed by atoms with Gasteiger partial charge in [-0.2, -0.15) is 5.10 Å². The topological polar surface area (TPSA) is 39.7 Å². The van der Waals surface area contributed by atoms with Gasteiger partial charge in [-0.25, -0.2) is 0 Å². The van der Waals surface area contributed by atoms with Gasteiger partial charge in [0.1, 0.15) is 0 Å². The Bertz CT molecular complexity index is 957. The van der Waals surface area contributed by atoms with Crippen molar-refractivity contribution in [3.63, 3.8) is 0 Å². The third-order valence-electron chi connectivity index (χ3n) is 5.95. The number of rotatable bonds is 0. The first kappa shape index (κ1) is 17.1. The van der Waals surface area contributed by atoms with E-state index in [0.717, 1.165) is 5.69 Å². The molecule has 0 spiro atoms. The maximum Gasteiger partial charge on any atom is 0.0634 e. The Labute approximate surface area is 166 Å². The molecule has 0 amide bonds. The fourth-order valence-corrected chi connectivity index (χ4v) is 4.63. The van der Waals surface area contributed by atoms with Crippen LogP contribution in [0.25, 0.3) is 11.6 Å². The first-order valence-electron chi connectivity index (χ1n) is 10.3. The number of anilines is 2. The number of fused-ring (bicyclic) bond motifs is 5. The van der Waals surface area contributed by atoms with E-state index in [2.05, 4.69) is 45.0 Å². The Hall–Kier alpha value is -3.01. The lowest BCUT2D eigenvalue weighted by Crippen LogP contribution is -2.37. The lowest BCUT2D eigenvalue weighted by atomic mass is 9.89. The fourth-order valence-electron chi connectivity index (χ4n) is 4.63. The summed E-state index contributed by atoms with van der Waals surface area (Å²) in [7, 11) is 0. The van der Waals surface area contributed by atoms with E-state index in [1.54, 1.807) is 17.5 Å². The van der Waals surface area contributed by atoms with E-state index in [4.69, 9.17) is 0 Å². The highest BCUT2D eigenvalue weighted by Gasteiger charge is 2.34. The number of piperidine rings is 1. The van der Waals surface area contributed by atoms with Gasteiger partial charge in [-0.1, -0.05) is 42.5 Å². The van der Waals surface area contributed by atoms with Crippen LogP contribution in [0.4, 0.5) is 11.4 Å². The minimum atomic E-state index is 0.580. The monoisotopic (exact) mass is 370 g/mol. The van der Waals surface area contributed by atoms with Gasteiger partial charge in [0, 0.05) is 41.8 Å². The normalized spacial score (nSPS) is 21.1. The minimum Gasteiger partial charge on any atom is -0.378 e. The number of para-hydroxylation sites is 2. The van der Waals surface area contributed by atoms with Crippen LogP contribution in [0.5, 0.6) is 0 Å². The summed E-state index contributed by atoms with van der Waals surface area (Å²) in [5.74, 6) is 0. The molecule has 0 saturated carbocycles. The summed E-state index contributed by atoms with van der Waals surface area (Å²) < 4.78 is 0. The van der Waals surface area contributed by atoms with E-state index in [1.807, 2.05) is 36.4 Å². The fraction of sp³-hybridized carbons (Fsp3) is 0.292. The lowest BCUT2D eigenvalue weighted by Gasteiger charge is -2.38. The van der Waals surface area contributed by atoms with E-state index in [-0.39, 0.29) is 0 Å². The molecule has 142 valence electrons. The number of allylic oxidation sites excluding steroid dienone is 2. The highest BCUT2D eigenvalue weighted by molar-refractivity contribution is 5.88. The van der Waals surface area contributed by atoms with Crippen LogP contribution in [0.1, 0.15) is 36.8 Å². The summed E-state index contributed by atoms with van der Waals surface area (Å²) in [5.41, 5.74) is 11.2. The zero-order valence-corrected chi connectivity index (χ0v) is 16.1. The van der Waals surface area contributed by atoms with Gasteiger partial charge in [-0.3, -0.25) is 5.43 Å². The van der Waals surface area contributed by atoms with Crippen molar-refractivity contribution in [3.05, 3.63) is 71.4 Å². The summed E-state index contributed by atoms with van der Waals surface area (Å²) in [5, 5.41) is 7.64. The van der Waals surface area contributed by atoms with Crippen LogP contribution in [0.3, 0.4) is 0 Å². The molecular weight excluding hydrogens is 344 g/mol. The number of hydrogen-bond donors (Lipinski definition) is 2. The van der Waals surface area contributed by atoms with E-state index in [0.29, 0.717) is 6.04 Å². The Morgan fingerprint density at radius 2 is 1.79 bits per heavy atom. The van der Waals surface area contributed by atoms with Crippen molar-refractivity contribution >= 4 is 29.2 Å². The number of nitrogens with zero attached hydrogens (tertiary/aromatic N) is 2. The maximum absolute atomic E-state index is 3.95. The van der Waals surface area contributed by atoms with Gasteiger partial charge < -0.3 is 10.2 Å². The summed E-state index contributed by atoms with van der Waals surface area (Å²) >= 11 is 0. The quantitative estimate of drug-likeness (QED) is 0.670. The third-order valence-corrected chi connectivity index (χ3v) is 5.95. The van der Waals surface area contributed by atoms with Crippen molar-refractivity contribution in [1.82, 2.24) is 4.90 Å². The van der Waals surface area contributed by atoms with Gasteiger partial charge in [-0.05, 0) is 49.5 Å². The molecule has 1 saturated heterocycles. The van der Waals surface area contributed by atoms with E-state index in [1.165, 1.54) is 55.6 Å². The minimum absolute atomic E-state index is 0.580. The average molecular weight is 371 g/mol. The predicted molar refractivity (Wildman–Crippen MR) is 118 cm³/mol. The Balaban J connectivity index is 0.000000135. The number of nitrogens with one attached hydrogen (secondary N) is 2. The van der Waals surface area contributed by atoms with Crippen molar-refractivity contribution < 1.29 is 0 Å². The summed E-state index contributed by atoms with van der Waals surface area (Å²) in [6.45, 7) is 2.51. The van der Waals surface area contributed by atoms with Crippen LogP contribution in [0.2, 0.25) is 0 Å². The summed E-state index contributed by atoms with van der Waals surface area (Å²) in [6, 6.07) is 17.4. The summed E-state index contributed by atoms with van der Waals surface area (Å²) in [4.78, 5) is 2.62. The lowest BCUT2D eigenvalue weighted by molar-refractivity contribution is 0.274. The highest BCUT2D eigenvalue weighted by atomic mass is 15.3. The van der Waals surface area contributed by atoms with Gasteiger partial charge in [0.2, 0.25) is 0 Å². The van der Waals surface area contributed by atoms with Gasteiger partial charge in [0.05, 0.1) is 11.7 Å². The molecule has 1 unspecified atom stereocenters. The smallest absolute Gasteiger partial charge is 0.0634 e. The molecule has 28 heavy (non-hydrogen) atoms. The van der Waals surface area contributed by atoms with Crippen molar-refractivity contribution in [1.29, 1.82) is 0 Å². The predicted octanol–water partition coefficient (Wildman–Crippen LogP) is 5.19. The molecule has 0 aliphatic carbocycles. The molecule has 6 rings (SSSR count). The molecule has 1 fully saturated rings. The van der Waals surface area contributed by atoms with Crippen molar-refractivity contribution in [2.45, 2.75) is 31.7 Å². The van der Waals surface area contributed by atoms with Gasteiger partial charge in [0.25, 0.3) is 0 Å². The van der Waals surface area contributed by atoms with Crippen LogP contribution in [0.15, 0.2) is 65.4 Å². The molecule has 2 aromatic carbocycles. The van der Waals surface area contributed by atoms with Gasteiger partial charge >= 0.3 is 0 Å². The van der Waals surface area contributed by atoms with Gasteiger partial charge in [-0.15, -0.1) is 0 Å². The highest BCUT2D eigenvalue weighted by Crippen LogP contribution is 2.43. The molecule has 0 radical (unpaired) electrons. The second-order valence-electron chi connectivity index (χ2n) is 7.67. The Morgan fingerprint density at radius 3 is 2.75 bits per heavy atom. The molecule has 0 aromatic heterocycles. The Morgan fingerprint density at radius 1 is 0.929 bits per heavy atom. The molecule has 4 nitrogen and oxygen atoms in total. The molecule has 1 atom stereocenters. The second-order valence-corrected chi connectivity index (χ2v) is 7.67. The summed E-state index contributed by atoms with van der Waals surface area (Å²) in [6.07, 6.45) is 11.0. The zero-order valence-electron chi connectivity index (χ0n) is 16.1. The number of hydrazone groups is 1. The van der Waals surface area contributed by atoms with Crippen LogP contribution >= 0.6 is 0 Å². The molecule has 2 N–H and O–H groups in total. The standard InChI is InChI=1S/C15H18N2.C9H8N2/c1-2-6-12-11(5-1)15-13(16-12)8-10-17-9-4-3-7-14(15)17;1-2-6-9-8(4-1)5-3-7-10-11-9/h1-2,5-6,13,16H,3-4,7-10H2;1-7,11H. The SMILES string of the molecule is C1=Cc2ccccc2NN=C1.c1ccc2c(c1)NC1CCN3CCCCC3=C21. The third kappa shape index (κ3) is 3.19. The van der Waals surface area contributed by atoms with Crippen LogP contribution in [0, 0.1) is 0 Å². The number of hydrogen-bond acceptors (Lipinski definition) is 4. The molecular formula is C24H26N4. The van der Waals surface area contributed by atoms with E-state index >= 15 is 0 Å². The van der Waals surface area contributed by atoms with Crippen LogP contribution in [-0.2, 0) is 0 Å². The van der Waals surface area contributed by atoms with Crippen molar-refractivity contribution in [2.24, 2.45) is 5.10 Å². The molecule has 0 bridgehead atoms. The zero-order chi connectivity index (χ0) is 18.8. The Kier molecular flexibility index (Phi) is 4.61. The van der Waals surface area contributed by atoms with E-state index in [9.17, 15) is 0 Å². The largest absolute Gasteiger partial charge is 0.378 e. The maximum atomic E-state index is 3.95. The van der Waals surface area contributed by atoms with Gasteiger partial charge in [0.15, 0.2) is 0 Å². The molecule has 4 aliphatic heterocycles. The van der Waals surface area contributed by atoms with Crippen LogP contribution in [-0.4, -0.2) is 30.2 Å². The van der Waals surface area contributed by atoms with Crippen molar-refractivity contribution in [3.8, 4) is 0 Å². The van der Waals surface area contributed by atoms with Crippen LogP contribution < -0.4 is 10.7 Å².